The van der Waals surface area contributed by atoms with E-state index in [-0.39, 0.29) is 40.2 Å². The van der Waals surface area contributed by atoms with Gasteiger partial charge in [0.15, 0.2) is 5.75 Å². The Balaban J connectivity index is 2.35. The van der Waals surface area contributed by atoms with Crippen molar-refractivity contribution in [2.45, 2.75) is 37.9 Å². The summed E-state index contributed by atoms with van der Waals surface area (Å²) in [7, 11) is 1.36. The fourth-order valence-corrected chi connectivity index (χ4v) is 3.51. The number of aromatic nitrogens is 1. The zero-order valence-electron chi connectivity index (χ0n) is 15.9. The van der Waals surface area contributed by atoms with Crippen LogP contribution in [0.1, 0.15) is 37.9 Å². The van der Waals surface area contributed by atoms with E-state index < -0.39 is 22.8 Å². The van der Waals surface area contributed by atoms with Crippen LogP contribution in [0.15, 0.2) is 18.2 Å². The molecule has 0 amide bonds. The third kappa shape index (κ3) is 3.59. The predicted octanol–water partition coefficient (Wildman–Crippen LogP) is 3.47. The van der Waals surface area contributed by atoms with Crippen LogP contribution in [0.4, 0.5) is 8.78 Å². The molecule has 1 aliphatic rings. The Bertz CT molecular complexity index is 913. The quantitative estimate of drug-likeness (QED) is 0.632. The zero-order valence-corrected chi connectivity index (χ0v) is 16.6. The maximum absolute atomic E-state index is 14.6. The summed E-state index contributed by atoms with van der Waals surface area (Å²) in [5.74, 6) is -1.78. The molecule has 4 N–H and O–H groups in total. The van der Waals surface area contributed by atoms with Crippen molar-refractivity contribution in [1.82, 2.24) is 4.98 Å². The van der Waals surface area contributed by atoms with Gasteiger partial charge in [-0.15, -0.1) is 0 Å². The molecule has 28 heavy (non-hydrogen) atoms. The number of nitrogens with zero attached hydrogens (tertiary/aromatic N) is 1. The van der Waals surface area contributed by atoms with Crippen LogP contribution < -0.4 is 10.5 Å². The fraction of sp³-hybridized carbons (Fsp3) is 0.450. The summed E-state index contributed by atoms with van der Waals surface area (Å²) in [5.41, 5.74) is 3.41. The van der Waals surface area contributed by atoms with Gasteiger partial charge in [-0.25, -0.2) is 13.8 Å². The summed E-state index contributed by atoms with van der Waals surface area (Å²) in [5, 5.41) is 21.5. The minimum Gasteiger partial charge on any atom is -0.494 e. The van der Waals surface area contributed by atoms with Crippen LogP contribution in [0.3, 0.4) is 0 Å². The number of aliphatic hydroxyl groups is 2. The minimum atomic E-state index is -1.43. The molecule has 8 heteroatoms. The molecule has 1 atom stereocenters. The summed E-state index contributed by atoms with van der Waals surface area (Å²) in [4.78, 5) is 4.44. The highest BCUT2D eigenvalue weighted by Gasteiger charge is 2.46. The average Bonchev–Trinajstić information content (AvgIpc) is 3.47. The number of rotatable bonds is 6. The zero-order chi connectivity index (χ0) is 20.9. The number of ether oxygens (including phenoxy) is 1. The van der Waals surface area contributed by atoms with Crippen LogP contribution in [0.25, 0.3) is 11.3 Å². The van der Waals surface area contributed by atoms with E-state index in [1.165, 1.54) is 27.0 Å². The lowest BCUT2D eigenvalue weighted by Gasteiger charge is -2.30. The molecule has 0 bridgehead atoms. The Labute approximate surface area is 167 Å². The highest BCUT2D eigenvalue weighted by Crippen LogP contribution is 2.47. The van der Waals surface area contributed by atoms with Gasteiger partial charge in [-0.2, -0.15) is 0 Å². The Morgan fingerprint density at radius 3 is 2.36 bits per heavy atom. The van der Waals surface area contributed by atoms with Crippen molar-refractivity contribution < 1.29 is 23.7 Å². The molecule has 2 aromatic rings. The van der Waals surface area contributed by atoms with Gasteiger partial charge in [-0.1, -0.05) is 11.6 Å². The number of halogens is 3. The van der Waals surface area contributed by atoms with E-state index in [1.54, 1.807) is 0 Å². The van der Waals surface area contributed by atoms with Crippen LogP contribution >= 0.6 is 11.6 Å². The third-order valence-corrected chi connectivity index (χ3v) is 5.40. The number of methoxy groups -OCH3 is 1. The molecule has 1 aromatic carbocycles. The first-order chi connectivity index (χ1) is 13.0. The molecule has 5 nitrogen and oxygen atoms in total. The smallest absolute Gasteiger partial charge is 0.151 e. The Morgan fingerprint density at radius 2 is 1.86 bits per heavy atom. The molecule has 0 radical (unpaired) electrons. The molecule has 0 saturated heterocycles. The van der Waals surface area contributed by atoms with Crippen LogP contribution in [-0.4, -0.2) is 28.9 Å². The summed E-state index contributed by atoms with van der Waals surface area (Å²) in [6.07, 6.45) is 1.57. The average molecular weight is 413 g/mol. The van der Waals surface area contributed by atoms with Crippen LogP contribution in [0, 0.1) is 17.6 Å². The van der Waals surface area contributed by atoms with E-state index >= 15 is 0 Å². The van der Waals surface area contributed by atoms with Crippen molar-refractivity contribution in [3.63, 3.8) is 0 Å². The number of pyridine rings is 1. The lowest BCUT2D eigenvalue weighted by molar-refractivity contribution is 0.0170. The van der Waals surface area contributed by atoms with Crippen molar-refractivity contribution in [2.24, 2.45) is 11.7 Å². The number of hydrogen-bond donors (Lipinski definition) is 3. The number of benzene rings is 1. The Hall–Kier alpha value is -1.80. The first-order valence-electron chi connectivity index (χ1n) is 8.92. The van der Waals surface area contributed by atoms with Gasteiger partial charge < -0.3 is 20.7 Å². The van der Waals surface area contributed by atoms with E-state index in [2.05, 4.69) is 4.98 Å². The molecular formula is C20H23ClF2N2O3. The SMILES string of the molecule is COc1c(C(C)(C)O)cc([C@@](O)(CN)C2CC2)nc1-c1cc(Cl)c(F)cc1F. The van der Waals surface area contributed by atoms with Crippen molar-refractivity contribution >= 4 is 11.6 Å². The third-order valence-electron chi connectivity index (χ3n) is 5.11. The predicted molar refractivity (Wildman–Crippen MR) is 102 cm³/mol. The maximum Gasteiger partial charge on any atom is 0.151 e. The van der Waals surface area contributed by atoms with Gasteiger partial charge in [0.05, 0.1) is 23.4 Å². The number of hydrogen-bond acceptors (Lipinski definition) is 5. The second-order valence-electron chi connectivity index (χ2n) is 7.64. The van der Waals surface area contributed by atoms with Gasteiger partial charge >= 0.3 is 0 Å². The second kappa shape index (κ2) is 7.22. The maximum atomic E-state index is 14.6. The molecule has 1 aliphatic carbocycles. The van der Waals surface area contributed by atoms with E-state index in [0.717, 1.165) is 18.9 Å². The van der Waals surface area contributed by atoms with Crippen LogP contribution in [0.2, 0.25) is 5.02 Å². The normalized spacial score (nSPS) is 16.8. The van der Waals surface area contributed by atoms with Crippen LogP contribution in [0.5, 0.6) is 5.75 Å². The van der Waals surface area contributed by atoms with Gasteiger partial charge in [-0.3, -0.25) is 0 Å². The number of nitrogens with two attached hydrogens (primary N) is 1. The van der Waals surface area contributed by atoms with Gasteiger partial charge in [0.2, 0.25) is 0 Å². The summed E-state index contributed by atoms with van der Waals surface area (Å²) < 4.78 is 33.7. The molecule has 152 valence electrons. The van der Waals surface area contributed by atoms with Crippen molar-refractivity contribution in [2.75, 3.05) is 13.7 Å². The van der Waals surface area contributed by atoms with Crippen molar-refractivity contribution in [1.29, 1.82) is 0 Å². The first kappa shape index (κ1) is 20.9. The summed E-state index contributed by atoms with van der Waals surface area (Å²) in [6, 6.07) is 3.29. The molecule has 0 spiro atoms. The Morgan fingerprint density at radius 1 is 1.21 bits per heavy atom. The topological polar surface area (TPSA) is 88.6 Å². The molecule has 1 fully saturated rings. The van der Waals surface area contributed by atoms with Crippen LogP contribution in [-0.2, 0) is 11.2 Å². The molecular weight excluding hydrogens is 390 g/mol. The van der Waals surface area contributed by atoms with E-state index in [4.69, 9.17) is 22.1 Å². The molecule has 0 aliphatic heterocycles. The summed E-state index contributed by atoms with van der Waals surface area (Å²) in [6.45, 7) is 2.98. The van der Waals surface area contributed by atoms with Gasteiger partial charge in [0.1, 0.15) is 22.9 Å². The first-order valence-corrected chi connectivity index (χ1v) is 9.30. The highest BCUT2D eigenvalue weighted by atomic mass is 35.5. The highest BCUT2D eigenvalue weighted by molar-refractivity contribution is 6.31. The van der Waals surface area contributed by atoms with Gasteiger partial charge in [-0.05, 0) is 44.7 Å². The standard InChI is InChI=1S/C20H23ClF2N2O3/c1-19(2,26)12-7-16(20(27,9-24)10-4-5-10)25-17(18(12)28-3)11-6-13(21)15(23)8-14(11)22/h6-8,10,26-27H,4-5,9,24H2,1-3H3/t20-/m1/s1. The fourth-order valence-electron chi connectivity index (χ4n) is 3.34. The van der Waals surface area contributed by atoms with E-state index in [1.807, 2.05) is 0 Å². The second-order valence-corrected chi connectivity index (χ2v) is 8.05. The molecule has 0 unspecified atom stereocenters. The van der Waals surface area contributed by atoms with Gasteiger partial charge in [0, 0.05) is 23.7 Å². The summed E-state index contributed by atoms with van der Waals surface area (Å²) >= 11 is 5.85. The lowest BCUT2D eigenvalue weighted by Crippen LogP contribution is -2.38. The molecule has 1 heterocycles. The van der Waals surface area contributed by atoms with E-state index in [0.29, 0.717) is 11.6 Å². The van der Waals surface area contributed by atoms with Crippen molar-refractivity contribution in [3.8, 4) is 17.0 Å². The molecule has 1 aromatic heterocycles. The monoisotopic (exact) mass is 412 g/mol. The van der Waals surface area contributed by atoms with Crippen molar-refractivity contribution in [3.05, 3.63) is 46.1 Å². The largest absolute Gasteiger partial charge is 0.494 e. The molecule has 1 saturated carbocycles. The lowest BCUT2D eigenvalue weighted by atomic mass is 9.87. The minimum absolute atomic E-state index is 0.00375. The molecule has 3 rings (SSSR count). The van der Waals surface area contributed by atoms with E-state index in [9.17, 15) is 19.0 Å². The Kier molecular flexibility index (Phi) is 5.40. The van der Waals surface area contributed by atoms with Gasteiger partial charge in [0.25, 0.3) is 0 Å².